The number of anilines is 1. The van der Waals surface area contributed by atoms with Crippen molar-refractivity contribution >= 4 is 5.69 Å². The van der Waals surface area contributed by atoms with E-state index in [0.29, 0.717) is 12.1 Å². The number of benzene rings is 1. The molecule has 6 heteroatoms. The second-order valence-electron chi connectivity index (χ2n) is 4.74. The molecule has 0 amide bonds. The fourth-order valence-corrected chi connectivity index (χ4v) is 2.46. The lowest BCUT2D eigenvalue weighted by molar-refractivity contribution is -0.138. The number of nitrogens with zero attached hydrogens (tertiary/aromatic N) is 1. The molecule has 0 bridgehead atoms. The smallest absolute Gasteiger partial charge is 0.420 e. The number of likely N-dealkylation sites (tertiary alicyclic amines) is 1. The number of alkyl halides is 3. The average Bonchev–Trinajstić information content (AvgIpc) is 2.80. The van der Waals surface area contributed by atoms with Gasteiger partial charge in [-0.15, -0.1) is 0 Å². The van der Waals surface area contributed by atoms with E-state index < -0.39 is 11.7 Å². The van der Waals surface area contributed by atoms with Crippen molar-refractivity contribution in [2.24, 2.45) is 0 Å². The number of rotatable bonds is 3. The van der Waals surface area contributed by atoms with Crippen LogP contribution < -0.4 is 10.5 Å². The standard InChI is InChI=1S/C13H17F3N2O/c1-19-12-9(8-18-4-2-3-5-18)6-10(17)7-11(12)13(14,15)16/h6-7H,2-5,8,17H2,1H3. The summed E-state index contributed by atoms with van der Waals surface area (Å²) in [5.74, 6) is -0.117. The molecule has 1 saturated heterocycles. The molecule has 0 saturated carbocycles. The molecule has 0 aromatic heterocycles. The maximum atomic E-state index is 13.0. The van der Waals surface area contributed by atoms with Crippen molar-refractivity contribution in [3.8, 4) is 5.75 Å². The van der Waals surface area contributed by atoms with Crippen molar-refractivity contribution in [3.05, 3.63) is 23.3 Å². The molecule has 0 radical (unpaired) electrons. The third-order valence-electron chi connectivity index (χ3n) is 3.29. The fraction of sp³-hybridized carbons (Fsp3) is 0.538. The lowest BCUT2D eigenvalue weighted by Crippen LogP contribution is -2.20. The summed E-state index contributed by atoms with van der Waals surface area (Å²) in [6.07, 6.45) is -2.30. The fourth-order valence-electron chi connectivity index (χ4n) is 2.46. The van der Waals surface area contributed by atoms with Crippen LogP contribution in [0.4, 0.5) is 18.9 Å². The topological polar surface area (TPSA) is 38.5 Å². The Kier molecular flexibility index (Phi) is 3.89. The summed E-state index contributed by atoms with van der Waals surface area (Å²) in [5.41, 5.74) is 5.39. The SMILES string of the molecule is COc1c(CN2CCCC2)cc(N)cc1C(F)(F)F. The minimum atomic E-state index is -4.46. The number of nitrogen functional groups attached to an aromatic ring is 1. The minimum absolute atomic E-state index is 0.113. The lowest BCUT2D eigenvalue weighted by Gasteiger charge is -2.20. The Balaban J connectivity index is 2.38. The van der Waals surface area contributed by atoms with Crippen LogP contribution in [0.3, 0.4) is 0 Å². The highest BCUT2D eigenvalue weighted by Gasteiger charge is 2.36. The molecule has 1 aliphatic heterocycles. The average molecular weight is 274 g/mol. The van der Waals surface area contributed by atoms with Crippen LogP contribution >= 0.6 is 0 Å². The van der Waals surface area contributed by atoms with Gasteiger partial charge in [-0.2, -0.15) is 13.2 Å². The van der Waals surface area contributed by atoms with E-state index in [9.17, 15) is 13.2 Å². The zero-order valence-corrected chi connectivity index (χ0v) is 10.8. The second-order valence-corrected chi connectivity index (χ2v) is 4.74. The first-order valence-corrected chi connectivity index (χ1v) is 6.17. The first kappa shape index (κ1) is 14.0. The zero-order chi connectivity index (χ0) is 14.0. The molecule has 19 heavy (non-hydrogen) atoms. The van der Waals surface area contributed by atoms with Crippen molar-refractivity contribution in [1.29, 1.82) is 0 Å². The Morgan fingerprint density at radius 3 is 2.42 bits per heavy atom. The Labute approximate surface area is 110 Å². The van der Waals surface area contributed by atoms with Crippen molar-refractivity contribution in [3.63, 3.8) is 0 Å². The molecule has 1 aliphatic rings. The molecule has 2 N–H and O–H groups in total. The van der Waals surface area contributed by atoms with Crippen LogP contribution in [-0.2, 0) is 12.7 Å². The van der Waals surface area contributed by atoms with Gasteiger partial charge in [-0.1, -0.05) is 0 Å². The normalized spacial score (nSPS) is 16.8. The summed E-state index contributed by atoms with van der Waals surface area (Å²) in [7, 11) is 1.26. The summed E-state index contributed by atoms with van der Waals surface area (Å²) in [4.78, 5) is 2.11. The van der Waals surface area contributed by atoms with Gasteiger partial charge in [-0.25, -0.2) is 0 Å². The van der Waals surface area contributed by atoms with E-state index in [1.807, 2.05) is 0 Å². The summed E-state index contributed by atoms with van der Waals surface area (Å²) in [6.45, 7) is 2.25. The van der Waals surface area contributed by atoms with Crippen LogP contribution in [0.5, 0.6) is 5.75 Å². The van der Waals surface area contributed by atoms with Gasteiger partial charge in [0.25, 0.3) is 0 Å². The van der Waals surface area contributed by atoms with Crippen LogP contribution in [0.1, 0.15) is 24.0 Å². The minimum Gasteiger partial charge on any atom is -0.496 e. The van der Waals surface area contributed by atoms with Gasteiger partial charge in [-0.3, -0.25) is 4.90 Å². The van der Waals surface area contributed by atoms with Crippen molar-refractivity contribution in [1.82, 2.24) is 4.90 Å². The predicted molar refractivity (Wildman–Crippen MR) is 66.9 cm³/mol. The number of methoxy groups -OCH3 is 1. The summed E-state index contributed by atoms with van der Waals surface area (Å²) < 4.78 is 43.8. The van der Waals surface area contributed by atoms with Gasteiger partial charge in [0.2, 0.25) is 0 Å². The van der Waals surface area contributed by atoms with Gasteiger partial charge < -0.3 is 10.5 Å². The summed E-state index contributed by atoms with van der Waals surface area (Å²) in [6, 6.07) is 2.48. The highest BCUT2D eigenvalue weighted by molar-refractivity contribution is 5.54. The largest absolute Gasteiger partial charge is 0.496 e. The third-order valence-corrected chi connectivity index (χ3v) is 3.29. The Bertz CT molecular complexity index is 454. The highest BCUT2D eigenvalue weighted by Crippen LogP contribution is 2.40. The van der Waals surface area contributed by atoms with Gasteiger partial charge in [0.15, 0.2) is 0 Å². The van der Waals surface area contributed by atoms with E-state index in [1.54, 1.807) is 6.07 Å². The molecule has 106 valence electrons. The maximum Gasteiger partial charge on any atom is 0.420 e. The van der Waals surface area contributed by atoms with Gasteiger partial charge in [0.05, 0.1) is 12.7 Å². The highest BCUT2D eigenvalue weighted by atomic mass is 19.4. The molecule has 0 aliphatic carbocycles. The number of ether oxygens (including phenoxy) is 1. The van der Waals surface area contributed by atoms with E-state index in [2.05, 4.69) is 4.90 Å². The van der Waals surface area contributed by atoms with Crippen LogP contribution in [0, 0.1) is 0 Å². The van der Waals surface area contributed by atoms with E-state index in [0.717, 1.165) is 32.0 Å². The van der Waals surface area contributed by atoms with Crippen LogP contribution in [-0.4, -0.2) is 25.1 Å². The molecule has 1 aromatic carbocycles. The van der Waals surface area contributed by atoms with Crippen LogP contribution in [0.15, 0.2) is 12.1 Å². The predicted octanol–water partition coefficient (Wildman–Crippen LogP) is 2.89. The second kappa shape index (κ2) is 5.28. The Morgan fingerprint density at radius 2 is 1.89 bits per heavy atom. The van der Waals surface area contributed by atoms with E-state index >= 15 is 0 Å². The maximum absolute atomic E-state index is 13.0. The number of hydrogen-bond donors (Lipinski definition) is 1. The number of halogens is 3. The van der Waals surface area contributed by atoms with E-state index in [4.69, 9.17) is 10.5 Å². The zero-order valence-electron chi connectivity index (χ0n) is 10.8. The monoisotopic (exact) mass is 274 g/mol. The summed E-state index contributed by atoms with van der Waals surface area (Å²) >= 11 is 0. The van der Waals surface area contributed by atoms with Gasteiger partial charge in [-0.05, 0) is 38.1 Å². The molecule has 2 rings (SSSR count). The lowest BCUT2D eigenvalue weighted by atomic mass is 10.1. The quantitative estimate of drug-likeness (QED) is 0.861. The van der Waals surface area contributed by atoms with E-state index in [-0.39, 0.29) is 11.4 Å². The van der Waals surface area contributed by atoms with Crippen molar-refractivity contribution in [2.45, 2.75) is 25.6 Å². The molecular formula is C13H17F3N2O. The molecule has 1 fully saturated rings. The van der Waals surface area contributed by atoms with E-state index in [1.165, 1.54) is 7.11 Å². The molecule has 0 unspecified atom stereocenters. The van der Waals surface area contributed by atoms with Crippen LogP contribution in [0.25, 0.3) is 0 Å². The van der Waals surface area contributed by atoms with Gasteiger partial charge in [0, 0.05) is 17.8 Å². The van der Waals surface area contributed by atoms with Crippen molar-refractivity contribution in [2.75, 3.05) is 25.9 Å². The molecule has 3 nitrogen and oxygen atoms in total. The molecule has 1 heterocycles. The molecule has 0 spiro atoms. The van der Waals surface area contributed by atoms with Crippen LogP contribution in [0.2, 0.25) is 0 Å². The number of hydrogen-bond acceptors (Lipinski definition) is 3. The number of nitrogens with two attached hydrogens (primary N) is 1. The third kappa shape index (κ3) is 3.12. The Morgan fingerprint density at radius 1 is 1.26 bits per heavy atom. The first-order valence-electron chi connectivity index (χ1n) is 6.17. The molecular weight excluding hydrogens is 257 g/mol. The molecule has 1 aromatic rings. The van der Waals surface area contributed by atoms with Gasteiger partial charge >= 0.3 is 6.18 Å². The Hall–Kier alpha value is -1.43. The summed E-state index contributed by atoms with van der Waals surface area (Å²) in [5, 5.41) is 0. The first-order chi connectivity index (χ1) is 8.91. The van der Waals surface area contributed by atoms with Crippen molar-refractivity contribution < 1.29 is 17.9 Å². The van der Waals surface area contributed by atoms with Gasteiger partial charge in [0.1, 0.15) is 5.75 Å². The molecule has 0 atom stereocenters.